The minimum absolute atomic E-state index is 0.399. The maximum atomic E-state index is 10.6. The van der Waals surface area contributed by atoms with Crippen LogP contribution in [0.1, 0.15) is 44.5 Å². The fraction of sp³-hybridized carbons (Fsp3) is 0.438. The van der Waals surface area contributed by atoms with E-state index in [1.165, 1.54) is 0 Å². The summed E-state index contributed by atoms with van der Waals surface area (Å²) >= 11 is 0. The van der Waals surface area contributed by atoms with Crippen molar-refractivity contribution in [3.8, 4) is 0 Å². The molecule has 1 aromatic carbocycles. The van der Waals surface area contributed by atoms with Crippen molar-refractivity contribution < 1.29 is 5.11 Å². The van der Waals surface area contributed by atoms with E-state index in [2.05, 4.69) is 18.9 Å². The lowest BCUT2D eigenvalue weighted by Crippen LogP contribution is -2.24. The Morgan fingerprint density at radius 3 is 2.58 bits per heavy atom. The summed E-state index contributed by atoms with van der Waals surface area (Å²) in [6.45, 7) is 6.13. The Balaban J connectivity index is 2.14. The Kier molecular flexibility index (Phi) is 4.05. The number of hydrogen-bond acceptors (Lipinski definition) is 2. The number of nitrogens with zero attached hydrogens (tertiary/aromatic N) is 2. The van der Waals surface area contributed by atoms with Crippen molar-refractivity contribution >= 4 is 0 Å². The zero-order chi connectivity index (χ0) is 13.9. The molecule has 2 atom stereocenters. The highest BCUT2D eigenvalue weighted by molar-refractivity contribution is 5.23. The molecule has 0 radical (unpaired) electrons. The topological polar surface area (TPSA) is 38.0 Å². The second-order valence-electron chi connectivity index (χ2n) is 5.36. The van der Waals surface area contributed by atoms with Crippen LogP contribution in [0.2, 0.25) is 0 Å². The van der Waals surface area contributed by atoms with Gasteiger partial charge >= 0.3 is 0 Å². The summed E-state index contributed by atoms with van der Waals surface area (Å²) in [5.74, 6) is 0. The van der Waals surface area contributed by atoms with E-state index in [0.717, 1.165) is 17.7 Å². The minimum Gasteiger partial charge on any atom is -0.385 e. The van der Waals surface area contributed by atoms with Crippen LogP contribution in [0.15, 0.2) is 42.6 Å². The third kappa shape index (κ3) is 3.24. The molecule has 2 rings (SSSR count). The molecule has 3 nitrogen and oxygen atoms in total. The summed E-state index contributed by atoms with van der Waals surface area (Å²) in [6, 6.07) is 12.1. The van der Waals surface area contributed by atoms with Crippen LogP contribution >= 0.6 is 0 Å². The Morgan fingerprint density at radius 1 is 1.26 bits per heavy atom. The van der Waals surface area contributed by atoms with Crippen LogP contribution in [-0.4, -0.2) is 14.9 Å². The molecule has 1 heterocycles. The number of benzene rings is 1. The molecular formula is C16H22N2O. The molecule has 1 aromatic heterocycles. The van der Waals surface area contributed by atoms with Gasteiger partial charge in [0.05, 0.1) is 11.3 Å². The van der Waals surface area contributed by atoms with Crippen LogP contribution < -0.4 is 0 Å². The lowest BCUT2D eigenvalue weighted by Gasteiger charge is -2.22. The molecule has 1 N–H and O–H groups in total. The standard InChI is InChI=1S/C16H22N2O/c1-4-13(2)18-11-10-15(17-18)12-16(3,19)14-8-6-5-7-9-14/h5-11,13,19H,4,12H2,1-3H3. The van der Waals surface area contributed by atoms with Gasteiger partial charge in [0.1, 0.15) is 0 Å². The maximum absolute atomic E-state index is 10.6. The van der Waals surface area contributed by atoms with Crippen LogP contribution in [0.4, 0.5) is 0 Å². The predicted octanol–water partition coefficient (Wildman–Crippen LogP) is 3.30. The molecule has 0 spiro atoms. The van der Waals surface area contributed by atoms with E-state index in [0.29, 0.717) is 12.5 Å². The lowest BCUT2D eigenvalue weighted by atomic mass is 9.91. The number of aromatic nitrogens is 2. The first kappa shape index (κ1) is 13.8. The van der Waals surface area contributed by atoms with Gasteiger partial charge in [-0.15, -0.1) is 0 Å². The average Bonchev–Trinajstić information content (AvgIpc) is 2.86. The summed E-state index contributed by atoms with van der Waals surface area (Å²) in [5, 5.41) is 15.1. The van der Waals surface area contributed by atoms with E-state index in [4.69, 9.17) is 0 Å². The summed E-state index contributed by atoms with van der Waals surface area (Å²) in [7, 11) is 0. The molecular weight excluding hydrogens is 236 g/mol. The fourth-order valence-electron chi connectivity index (χ4n) is 2.16. The summed E-state index contributed by atoms with van der Waals surface area (Å²) in [5.41, 5.74) is 0.970. The normalized spacial score (nSPS) is 16.0. The number of rotatable bonds is 5. The monoisotopic (exact) mass is 258 g/mol. The molecule has 0 aliphatic heterocycles. The van der Waals surface area contributed by atoms with E-state index < -0.39 is 5.60 Å². The van der Waals surface area contributed by atoms with Gasteiger partial charge in [-0.1, -0.05) is 37.3 Å². The molecule has 0 aliphatic rings. The van der Waals surface area contributed by atoms with Crippen molar-refractivity contribution in [2.24, 2.45) is 0 Å². The van der Waals surface area contributed by atoms with Crippen molar-refractivity contribution in [3.05, 3.63) is 53.9 Å². The van der Waals surface area contributed by atoms with Crippen LogP contribution in [0.5, 0.6) is 0 Å². The van der Waals surface area contributed by atoms with Crippen LogP contribution in [0.25, 0.3) is 0 Å². The van der Waals surface area contributed by atoms with E-state index in [1.807, 2.05) is 54.2 Å². The largest absolute Gasteiger partial charge is 0.385 e. The molecule has 2 aromatic rings. The van der Waals surface area contributed by atoms with Gasteiger partial charge in [0.15, 0.2) is 0 Å². The Labute approximate surface area is 114 Å². The maximum Gasteiger partial charge on any atom is 0.0924 e. The van der Waals surface area contributed by atoms with E-state index in [1.54, 1.807) is 0 Å². The van der Waals surface area contributed by atoms with Crippen LogP contribution in [0, 0.1) is 0 Å². The fourth-order valence-corrected chi connectivity index (χ4v) is 2.16. The Bertz CT molecular complexity index is 517. The van der Waals surface area contributed by atoms with E-state index in [9.17, 15) is 5.11 Å². The minimum atomic E-state index is -0.879. The number of hydrogen-bond donors (Lipinski definition) is 1. The van der Waals surface area contributed by atoms with Gasteiger partial charge in [-0.3, -0.25) is 4.68 Å². The summed E-state index contributed by atoms with van der Waals surface area (Å²) in [4.78, 5) is 0. The first-order valence-electron chi connectivity index (χ1n) is 6.85. The molecule has 0 bridgehead atoms. The molecule has 0 aliphatic carbocycles. The highest BCUT2D eigenvalue weighted by Crippen LogP contribution is 2.24. The van der Waals surface area contributed by atoms with E-state index in [-0.39, 0.29) is 0 Å². The van der Waals surface area contributed by atoms with Crippen LogP contribution in [-0.2, 0) is 12.0 Å². The van der Waals surface area contributed by atoms with Gasteiger partial charge in [-0.05, 0) is 31.9 Å². The van der Waals surface area contributed by atoms with Gasteiger partial charge < -0.3 is 5.11 Å². The lowest BCUT2D eigenvalue weighted by molar-refractivity contribution is 0.0564. The predicted molar refractivity (Wildman–Crippen MR) is 76.9 cm³/mol. The first-order valence-corrected chi connectivity index (χ1v) is 6.85. The molecule has 0 saturated carbocycles. The Morgan fingerprint density at radius 2 is 1.95 bits per heavy atom. The van der Waals surface area contributed by atoms with Gasteiger partial charge in [0, 0.05) is 18.7 Å². The van der Waals surface area contributed by atoms with Gasteiger partial charge in [-0.25, -0.2) is 0 Å². The van der Waals surface area contributed by atoms with Crippen molar-refractivity contribution in [2.45, 2.75) is 45.3 Å². The molecule has 0 amide bonds. The van der Waals surface area contributed by atoms with Crippen molar-refractivity contribution in [2.75, 3.05) is 0 Å². The smallest absolute Gasteiger partial charge is 0.0924 e. The molecule has 0 fully saturated rings. The SMILES string of the molecule is CCC(C)n1ccc(CC(C)(O)c2ccccc2)n1. The van der Waals surface area contributed by atoms with Crippen molar-refractivity contribution in [3.63, 3.8) is 0 Å². The molecule has 102 valence electrons. The van der Waals surface area contributed by atoms with E-state index >= 15 is 0 Å². The van der Waals surface area contributed by atoms with Crippen molar-refractivity contribution in [1.82, 2.24) is 9.78 Å². The molecule has 0 saturated heterocycles. The van der Waals surface area contributed by atoms with Gasteiger partial charge in [-0.2, -0.15) is 5.10 Å². The Hall–Kier alpha value is -1.61. The average molecular weight is 258 g/mol. The highest BCUT2D eigenvalue weighted by Gasteiger charge is 2.24. The zero-order valence-corrected chi connectivity index (χ0v) is 11.9. The quantitative estimate of drug-likeness (QED) is 0.893. The highest BCUT2D eigenvalue weighted by atomic mass is 16.3. The third-order valence-electron chi connectivity index (χ3n) is 3.63. The second kappa shape index (κ2) is 5.57. The molecule has 2 unspecified atom stereocenters. The van der Waals surface area contributed by atoms with Crippen LogP contribution in [0.3, 0.4) is 0 Å². The van der Waals surface area contributed by atoms with Gasteiger partial charge in [0.25, 0.3) is 0 Å². The molecule has 3 heteroatoms. The first-order chi connectivity index (χ1) is 9.03. The second-order valence-corrected chi connectivity index (χ2v) is 5.36. The third-order valence-corrected chi connectivity index (χ3v) is 3.63. The summed E-state index contributed by atoms with van der Waals surface area (Å²) in [6.07, 6.45) is 3.57. The zero-order valence-electron chi connectivity index (χ0n) is 11.9. The summed E-state index contributed by atoms with van der Waals surface area (Å²) < 4.78 is 1.97. The van der Waals surface area contributed by atoms with Crippen molar-refractivity contribution in [1.29, 1.82) is 0 Å². The van der Waals surface area contributed by atoms with Gasteiger partial charge in [0.2, 0.25) is 0 Å². The molecule has 19 heavy (non-hydrogen) atoms. The number of aliphatic hydroxyl groups is 1.